The lowest BCUT2D eigenvalue weighted by Crippen LogP contribution is -2.42. The molecular formula is C10H18N4OS. The number of nitrogens with zero attached hydrogens (tertiary/aromatic N) is 1. The van der Waals surface area contributed by atoms with E-state index in [9.17, 15) is 0 Å². The first-order valence-corrected chi connectivity index (χ1v) is 5.95. The van der Waals surface area contributed by atoms with E-state index in [0.29, 0.717) is 19.1 Å². The van der Waals surface area contributed by atoms with Crippen molar-refractivity contribution >= 4 is 17.3 Å². The second kappa shape index (κ2) is 7.21. The number of ether oxygens (including phenoxy) is 1. The first kappa shape index (κ1) is 13.0. The summed E-state index contributed by atoms with van der Waals surface area (Å²) in [5.74, 6) is 5.96. The number of aliphatic imine (C=N–C) groups is 1. The molecule has 0 amide bonds. The fourth-order valence-electron chi connectivity index (χ4n) is 1.20. The summed E-state index contributed by atoms with van der Waals surface area (Å²) in [4.78, 5) is 5.48. The molecule has 0 radical (unpaired) electrons. The molecule has 1 aromatic rings. The molecule has 1 unspecified atom stereocenters. The minimum Gasteiger partial charge on any atom is -0.383 e. The molecule has 1 heterocycles. The number of guanidine groups is 1. The van der Waals surface area contributed by atoms with Gasteiger partial charge in [-0.3, -0.25) is 5.43 Å². The third-order valence-electron chi connectivity index (χ3n) is 2.03. The van der Waals surface area contributed by atoms with Crippen molar-refractivity contribution < 1.29 is 4.74 Å². The molecule has 4 N–H and O–H groups in total. The Hall–Kier alpha value is -1.11. The van der Waals surface area contributed by atoms with E-state index in [1.54, 1.807) is 18.4 Å². The van der Waals surface area contributed by atoms with Gasteiger partial charge in [0.15, 0.2) is 0 Å². The van der Waals surface area contributed by atoms with Crippen molar-refractivity contribution in [3.05, 3.63) is 22.4 Å². The SMILES string of the molecule is COCCN=C(NN)NC(C)c1cccs1. The number of hydrogen-bond acceptors (Lipinski definition) is 4. The van der Waals surface area contributed by atoms with Gasteiger partial charge < -0.3 is 10.1 Å². The molecule has 1 atom stereocenters. The van der Waals surface area contributed by atoms with Crippen LogP contribution in [0.15, 0.2) is 22.5 Å². The minimum absolute atomic E-state index is 0.192. The van der Waals surface area contributed by atoms with Crippen molar-refractivity contribution in [2.75, 3.05) is 20.3 Å². The monoisotopic (exact) mass is 242 g/mol. The maximum atomic E-state index is 5.38. The highest BCUT2D eigenvalue weighted by atomic mass is 32.1. The van der Waals surface area contributed by atoms with Crippen LogP contribution in [-0.4, -0.2) is 26.2 Å². The van der Waals surface area contributed by atoms with Crippen LogP contribution in [0.2, 0.25) is 0 Å². The number of nitrogens with one attached hydrogen (secondary N) is 2. The molecule has 16 heavy (non-hydrogen) atoms. The second-order valence-electron chi connectivity index (χ2n) is 3.25. The average Bonchev–Trinajstić information content (AvgIpc) is 2.81. The van der Waals surface area contributed by atoms with Crippen LogP contribution in [0.4, 0.5) is 0 Å². The van der Waals surface area contributed by atoms with E-state index in [2.05, 4.69) is 28.7 Å². The number of nitrogens with two attached hydrogens (primary N) is 1. The number of hydrazine groups is 1. The van der Waals surface area contributed by atoms with Crippen molar-refractivity contribution in [2.24, 2.45) is 10.8 Å². The minimum atomic E-state index is 0.192. The lowest BCUT2D eigenvalue weighted by atomic mass is 10.3. The molecule has 0 saturated carbocycles. The number of methoxy groups -OCH3 is 1. The summed E-state index contributed by atoms with van der Waals surface area (Å²) in [5, 5.41) is 5.24. The van der Waals surface area contributed by atoms with E-state index in [1.165, 1.54) is 4.88 Å². The Morgan fingerprint density at radius 3 is 3.06 bits per heavy atom. The molecule has 0 aliphatic carbocycles. The van der Waals surface area contributed by atoms with Gasteiger partial charge in [-0.1, -0.05) is 6.07 Å². The Bertz CT molecular complexity index is 313. The second-order valence-corrected chi connectivity index (χ2v) is 4.23. The van der Waals surface area contributed by atoms with E-state index in [1.807, 2.05) is 11.4 Å². The molecule has 0 aromatic carbocycles. The van der Waals surface area contributed by atoms with Crippen LogP contribution in [0.3, 0.4) is 0 Å². The van der Waals surface area contributed by atoms with Gasteiger partial charge in [-0.05, 0) is 18.4 Å². The first-order chi connectivity index (χ1) is 7.77. The molecule has 0 bridgehead atoms. The van der Waals surface area contributed by atoms with E-state index < -0.39 is 0 Å². The summed E-state index contributed by atoms with van der Waals surface area (Å²) >= 11 is 1.70. The van der Waals surface area contributed by atoms with Crippen LogP contribution in [-0.2, 0) is 4.74 Å². The number of thiophene rings is 1. The molecule has 0 aliphatic rings. The number of hydrogen-bond donors (Lipinski definition) is 3. The van der Waals surface area contributed by atoms with Crippen LogP contribution < -0.4 is 16.6 Å². The fourth-order valence-corrected chi connectivity index (χ4v) is 1.93. The van der Waals surface area contributed by atoms with Gasteiger partial charge in [-0.2, -0.15) is 0 Å². The highest BCUT2D eigenvalue weighted by Gasteiger charge is 2.07. The lowest BCUT2D eigenvalue weighted by Gasteiger charge is -2.15. The summed E-state index contributed by atoms with van der Waals surface area (Å²) in [5.41, 5.74) is 2.54. The van der Waals surface area contributed by atoms with Crippen LogP contribution >= 0.6 is 11.3 Å². The topological polar surface area (TPSA) is 71.7 Å². The van der Waals surface area contributed by atoms with E-state index in [-0.39, 0.29) is 6.04 Å². The van der Waals surface area contributed by atoms with Crippen LogP contribution in [0.1, 0.15) is 17.8 Å². The van der Waals surface area contributed by atoms with Crippen molar-refractivity contribution in [2.45, 2.75) is 13.0 Å². The molecule has 1 rings (SSSR count). The predicted octanol–water partition coefficient (Wildman–Crippen LogP) is 0.864. The smallest absolute Gasteiger partial charge is 0.206 e. The highest BCUT2D eigenvalue weighted by Crippen LogP contribution is 2.17. The van der Waals surface area contributed by atoms with E-state index >= 15 is 0 Å². The molecule has 0 fully saturated rings. The Morgan fingerprint density at radius 1 is 1.69 bits per heavy atom. The molecule has 1 aromatic heterocycles. The molecule has 90 valence electrons. The van der Waals surface area contributed by atoms with Crippen molar-refractivity contribution in [3.63, 3.8) is 0 Å². The van der Waals surface area contributed by atoms with Gasteiger partial charge in [0.25, 0.3) is 0 Å². The Balaban J connectivity index is 2.46. The van der Waals surface area contributed by atoms with Gasteiger partial charge in [0.05, 0.1) is 19.2 Å². The molecule has 0 aliphatic heterocycles. The van der Waals surface area contributed by atoms with Gasteiger partial charge in [-0.15, -0.1) is 11.3 Å². The van der Waals surface area contributed by atoms with Gasteiger partial charge in [0, 0.05) is 12.0 Å². The molecule has 0 saturated heterocycles. The summed E-state index contributed by atoms with van der Waals surface area (Å²) in [6.45, 7) is 3.23. The van der Waals surface area contributed by atoms with Gasteiger partial charge in [-0.25, -0.2) is 10.8 Å². The predicted molar refractivity (Wildman–Crippen MR) is 67.4 cm³/mol. The van der Waals surface area contributed by atoms with Crippen molar-refractivity contribution in [1.82, 2.24) is 10.7 Å². The maximum Gasteiger partial charge on any atom is 0.206 e. The zero-order valence-corrected chi connectivity index (χ0v) is 10.4. The largest absolute Gasteiger partial charge is 0.383 e. The molecule has 0 spiro atoms. The molecule has 5 nitrogen and oxygen atoms in total. The van der Waals surface area contributed by atoms with Gasteiger partial charge in [0.2, 0.25) is 5.96 Å². The van der Waals surface area contributed by atoms with Crippen molar-refractivity contribution in [3.8, 4) is 0 Å². The summed E-state index contributed by atoms with van der Waals surface area (Å²) in [6.07, 6.45) is 0. The lowest BCUT2D eigenvalue weighted by molar-refractivity contribution is 0.208. The van der Waals surface area contributed by atoms with E-state index in [0.717, 1.165) is 0 Å². The standard InChI is InChI=1S/C10H18N4OS/c1-8(9-4-3-7-16-9)13-10(14-11)12-5-6-15-2/h3-4,7-8H,5-6,11H2,1-2H3,(H2,12,13,14). The quantitative estimate of drug-likeness (QED) is 0.235. The Morgan fingerprint density at radius 2 is 2.50 bits per heavy atom. The summed E-state index contributed by atoms with van der Waals surface area (Å²) < 4.78 is 4.91. The van der Waals surface area contributed by atoms with Gasteiger partial charge >= 0.3 is 0 Å². The third kappa shape index (κ3) is 4.18. The molecule has 6 heteroatoms. The summed E-state index contributed by atoms with van der Waals surface area (Å²) in [6, 6.07) is 4.29. The summed E-state index contributed by atoms with van der Waals surface area (Å²) in [7, 11) is 1.65. The fraction of sp³-hybridized carbons (Fsp3) is 0.500. The van der Waals surface area contributed by atoms with Crippen LogP contribution in [0.25, 0.3) is 0 Å². The third-order valence-corrected chi connectivity index (χ3v) is 3.08. The Labute approximate surface area is 99.7 Å². The Kier molecular flexibility index (Phi) is 5.84. The van der Waals surface area contributed by atoms with E-state index in [4.69, 9.17) is 10.6 Å². The average molecular weight is 242 g/mol. The zero-order chi connectivity index (χ0) is 11.8. The number of rotatable bonds is 5. The first-order valence-electron chi connectivity index (χ1n) is 5.08. The normalized spacial score (nSPS) is 13.6. The zero-order valence-electron chi connectivity index (χ0n) is 9.56. The molecular weight excluding hydrogens is 224 g/mol. The van der Waals surface area contributed by atoms with Crippen LogP contribution in [0, 0.1) is 0 Å². The van der Waals surface area contributed by atoms with Crippen molar-refractivity contribution in [1.29, 1.82) is 0 Å². The van der Waals surface area contributed by atoms with Crippen LogP contribution in [0.5, 0.6) is 0 Å². The highest BCUT2D eigenvalue weighted by molar-refractivity contribution is 7.10. The van der Waals surface area contributed by atoms with Gasteiger partial charge in [0.1, 0.15) is 0 Å². The maximum absolute atomic E-state index is 5.38.